The summed E-state index contributed by atoms with van der Waals surface area (Å²) in [6, 6.07) is 9.84. The second-order valence-corrected chi connectivity index (χ2v) is 7.56. The first-order chi connectivity index (χ1) is 13.6. The smallest absolute Gasteiger partial charge is 0.190 e. The van der Waals surface area contributed by atoms with E-state index in [-0.39, 0.29) is 24.4 Å². The summed E-state index contributed by atoms with van der Waals surface area (Å²) in [5.74, 6) is -0.698. The zero-order valence-electron chi connectivity index (χ0n) is 16.3. The first kappa shape index (κ1) is 20.2. The summed E-state index contributed by atoms with van der Waals surface area (Å²) in [4.78, 5) is 0. The van der Waals surface area contributed by atoms with Gasteiger partial charge in [0.25, 0.3) is 0 Å². The largest absolute Gasteiger partial charge is 0.378 e. The van der Waals surface area contributed by atoms with Gasteiger partial charge in [0.1, 0.15) is 24.4 Å². The molecule has 3 unspecified atom stereocenters. The predicted molar refractivity (Wildman–Crippen MR) is 98.3 cm³/mol. The fourth-order valence-electron chi connectivity index (χ4n) is 3.77. The molecule has 3 heterocycles. The van der Waals surface area contributed by atoms with Gasteiger partial charge in [-0.25, -0.2) is 0 Å². The lowest BCUT2D eigenvalue weighted by molar-refractivity contribution is -0.315. The molecule has 1 aromatic rings. The molecule has 8 heteroatoms. The van der Waals surface area contributed by atoms with Crippen molar-refractivity contribution in [3.8, 4) is 0 Å². The Morgan fingerprint density at radius 2 is 1.68 bits per heavy atom. The molecule has 156 valence electrons. The van der Waals surface area contributed by atoms with Gasteiger partial charge in [-0.2, -0.15) is 0 Å². The number of hydrogen-bond acceptors (Lipinski definition) is 8. The van der Waals surface area contributed by atoms with Gasteiger partial charge in [0.15, 0.2) is 18.4 Å². The Labute approximate surface area is 165 Å². The van der Waals surface area contributed by atoms with Crippen LogP contribution in [-0.2, 0) is 33.2 Å². The summed E-state index contributed by atoms with van der Waals surface area (Å²) < 4.78 is 41.6. The van der Waals surface area contributed by atoms with Crippen molar-refractivity contribution in [3.05, 3.63) is 35.9 Å². The van der Waals surface area contributed by atoms with E-state index in [4.69, 9.17) is 38.9 Å². The molecular formula is C20H29NO7. The van der Waals surface area contributed by atoms with E-state index < -0.39 is 18.4 Å². The second-order valence-electron chi connectivity index (χ2n) is 7.56. The second kappa shape index (κ2) is 8.73. The normalized spacial score (nSPS) is 36.2. The van der Waals surface area contributed by atoms with Gasteiger partial charge in [0.05, 0.1) is 26.4 Å². The number of rotatable bonds is 8. The quantitative estimate of drug-likeness (QED) is 0.660. The van der Waals surface area contributed by atoms with E-state index in [0.717, 1.165) is 5.56 Å². The van der Waals surface area contributed by atoms with Gasteiger partial charge in [-0.3, -0.25) is 0 Å². The summed E-state index contributed by atoms with van der Waals surface area (Å²) in [5.41, 5.74) is 6.36. The standard InChI is InChI=1S/C20H29NO7/c1-20(2)27-17-16-15(25-19(17)28-20)14(12-23-11-10-22-9-8-21)24-18(26-16)13-6-4-3-5-7-13/h3-7,14-19H,8-12,21H2,1-2H3/t14?,15-,16-,17?,18?,19-/m1/s1. The van der Waals surface area contributed by atoms with E-state index in [9.17, 15) is 0 Å². The van der Waals surface area contributed by atoms with Crippen LogP contribution in [0.25, 0.3) is 0 Å². The van der Waals surface area contributed by atoms with E-state index in [2.05, 4.69) is 0 Å². The highest BCUT2D eigenvalue weighted by Gasteiger charge is 2.60. The highest BCUT2D eigenvalue weighted by atomic mass is 16.9. The van der Waals surface area contributed by atoms with Gasteiger partial charge < -0.3 is 38.9 Å². The van der Waals surface area contributed by atoms with Crippen LogP contribution in [0.2, 0.25) is 0 Å². The van der Waals surface area contributed by atoms with Gasteiger partial charge in [-0.05, 0) is 13.8 Å². The Bertz CT molecular complexity index is 628. The number of fused-ring (bicyclic) bond motifs is 3. The van der Waals surface area contributed by atoms with E-state index in [1.165, 1.54) is 0 Å². The van der Waals surface area contributed by atoms with Crippen molar-refractivity contribution in [3.63, 3.8) is 0 Å². The molecule has 3 aliphatic rings. The van der Waals surface area contributed by atoms with Gasteiger partial charge >= 0.3 is 0 Å². The third-order valence-corrected chi connectivity index (χ3v) is 4.96. The number of ether oxygens (including phenoxy) is 7. The molecule has 0 bridgehead atoms. The van der Waals surface area contributed by atoms with Crippen LogP contribution in [0.1, 0.15) is 25.7 Å². The lowest BCUT2D eigenvalue weighted by Gasteiger charge is -2.39. The summed E-state index contributed by atoms with van der Waals surface area (Å²) in [5, 5.41) is 0. The fraction of sp³-hybridized carbons (Fsp3) is 0.700. The van der Waals surface area contributed by atoms with Crippen LogP contribution in [0.3, 0.4) is 0 Å². The van der Waals surface area contributed by atoms with Crippen molar-refractivity contribution in [2.75, 3.05) is 33.0 Å². The lowest BCUT2D eigenvalue weighted by atomic mass is 10.0. The van der Waals surface area contributed by atoms with Crippen molar-refractivity contribution in [1.29, 1.82) is 0 Å². The molecule has 0 aromatic heterocycles. The first-order valence-corrected chi connectivity index (χ1v) is 9.80. The Balaban J connectivity index is 1.43. The fourth-order valence-corrected chi connectivity index (χ4v) is 3.77. The van der Waals surface area contributed by atoms with Crippen molar-refractivity contribution in [1.82, 2.24) is 0 Å². The molecule has 0 spiro atoms. The Kier molecular flexibility index (Phi) is 6.29. The minimum atomic E-state index is -0.698. The minimum Gasteiger partial charge on any atom is -0.378 e. The zero-order chi connectivity index (χ0) is 19.6. The van der Waals surface area contributed by atoms with Crippen LogP contribution in [0.4, 0.5) is 0 Å². The SMILES string of the molecule is CC1(C)OC2[C@H](O[C@@H]3C(COCCOCCN)OC(c4ccccc4)O[C@@H]23)O1. The summed E-state index contributed by atoms with van der Waals surface area (Å²) in [6.45, 7) is 6.08. The average molecular weight is 395 g/mol. The van der Waals surface area contributed by atoms with Crippen LogP contribution >= 0.6 is 0 Å². The zero-order valence-corrected chi connectivity index (χ0v) is 16.3. The number of hydrogen-bond donors (Lipinski definition) is 1. The van der Waals surface area contributed by atoms with Gasteiger partial charge in [0.2, 0.25) is 0 Å². The van der Waals surface area contributed by atoms with Crippen LogP contribution < -0.4 is 5.73 Å². The van der Waals surface area contributed by atoms with Gasteiger partial charge in [-0.15, -0.1) is 0 Å². The summed E-state index contributed by atoms with van der Waals surface area (Å²) >= 11 is 0. The molecule has 4 rings (SSSR count). The maximum absolute atomic E-state index is 6.25. The molecule has 2 N–H and O–H groups in total. The van der Waals surface area contributed by atoms with Gasteiger partial charge in [-0.1, -0.05) is 30.3 Å². The third-order valence-electron chi connectivity index (χ3n) is 4.96. The highest BCUT2D eigenvalue weighted by molar-refractivity contribution is 5.17. The molecule has 28 heavy (non-hydrogen) atoms. The third kappa shape index (κ3) is 4.39. The van der Waals surface area contributed by atoms with Crippen LogP contribution in [0, 0.1) is 0 Å². The molecule has 3 saturated heterocycles. The predicted octanol–water partition coefficient (Wildman–Crippen LogP) is 1.34. The molecule has 8 nitrogen and oxygen atoms in total. The molecule has 3 fully saturated rings. The topological polar surface area (TPSA) is 90.6 Å². The molecule has 0 amide bonds. The molecule has 0 saturated carbocycles. The number of nitrogens with two attached hydrogens (primary N) is 1. The maximum Gasteiger partial charge on any atom is 0.190 e. The van der Waals surface area contributed by atoms with Crippen molar-refractivity contribution >= 4 is 0 Å². The van der Waals surface area contributed by atoms with E-state index in [1.807, 2.05) is 44.2 Å². The minimum absolute atomic E-state index is 0.298. The van der Waals surface area contributed by atoms with Crippen LogP contribution in [-0.4, -0.2) is 69.5 Å². The van der Waals surface area contributed by atoms with Crippen molar-refractivity contribution in [2.24, 2.45) is 5.73 Å². The Morgan fingerprint density at radius 1 is 0.893 bits per heavy atom. The van der Waals surface area contributed by atoms with Crippen LogP contribution in [0.5, 0.6) is 0 Å². The Hall–Kier alpha value is -1.10. The first-order valence-electron chi connectivity index (χ1n) is 9.80. The van der Waals surface area contributed by atoms with Crippen molar-refractivity contribution < 1.29 is 33.2 Å². The molecule has 6 atom stereocenters. The molecular weight excluding hydrogens is 366 g/mol. The van der Waals surface area contributed by atoms with E-state index >= 15 is 0 Å². The summed E-state index contributed by atoms with van der Waals surface area (Å²) in [7, 11) is 0. The maximum atomic E-state index is 6.25. The summed E-state index contributed by atoms with van der Waals surface area (Å²) in [6.07, 6.45) is -2.22. The molecule has 0 aliphatic carbocycles. The number of benzene rings is 1. The molecule has 0 radical (unpaired) electrons. The Morgan fingerprint density at radius 3 is 2.46 bits per heavy atom. The molecule has 3 aliphatic heterocycles. The van der Waals surface area contributed by atoms with Gasteiger partial charge in [0, 0.05) is 12.1 Å². The lowest BCUT2D eigenvalue weighted by Crippen LogP contribution is -2.51. The molecule has 1 aromatic carbocycles. The monoisotopic (exact) mass is 395 g/mol. The average Bonchev–Trinajstić information content (AvgIpc) is 3.17. The van der Waals surface area contributed by atoms with E-state index in [1.54, 1.807) is 0 Å². The highest BCUT2D eigenvalue weighted by Crippen LogP contribution is 2.44. The van der Waals surface area contributed by atoms with Crippen LogP contribution in [0.15, 0.2) is 30.3 Å². The van der Waals surface area contributed by atoms with E-state index in [0.29, 0.717) is 33.0 Å². The van der Waals surface area contributed by atoms with Crippen molar-refractivity contribution in [2.45, 2.75) is 56.6 Å².